The molecule has 0 unspecified atom stereocenters. The Kier molecular flexibility index (Phi) is 6.11. The third-order valence-corrected chi connectivity index (χ3v) is 5.22. The molecule has 1 aromatic carbocycles. The Morgan fingerprint density at radius 1 is 1.12 bits per heavy atom. The lowest BCUT2D eigenvalue weighted by molar-refractivity contribution is 0.0910. The summed E-state index contributed by atoms with van der Waals surface area (Å²) in [4.78, 5) is 23.2. The lowest BCUT2D eigenvalue weighted by atomic mass is 10.2. The number of hydrogen-bond donors (Lipinski definition) is 2. The van der Waals surface area contributed by atoms with E-state index in [9.17, 15) is 22.4 Å². The molecule has 2 rings (SSSR count). The summed E-state index contributed by atoms with van der Waals surface area (Å²) in [7, 11) is -1.48. The van der Waals surface area contributed by atoms with Crippen LogP contribution in [0.2, 0.25) is 0 Å². The minimum Gasteiger partial charge on any atom is -0.459 e. The van der Waals surface area contributed by atoms with Crippen molar-refractivity contribution in [2.75, 3.05) is 27.2 Å². The summed E-state index contributed by atoms with van der Waals surface area (Å²) >= 11 is 0. The van der Waals surface area contributed by atoms with Crippen LogP contribution in [0.15, 0.2) is 45.9 Å². The van der Waals surface area contributed by atoms with E-state index in [0.29, 0.717) is 0 Å². The van der Waals surface area contributed by atoms with Gasteiger partial charge in [0.1, 0.15) is 10.7 Å². The predicted molar refractivity (Wildman–Crippen MR) is 90.6 cm³/mol. The van der Waals surface area contributed by atoms with Crippen LogP contribution < -0.4 is 10.6 Å². The second-order valence-corrected chi connectivity index (χ2v) is 7.54. The third-order valence-electron chi connectivity index (χ3n) is 3.39. The predicted octanol–water partition coefficient (Wildman–Crippen LogP) is 0.829. The van der Waals surface area contributed by atoms with E-state index in [2.05, 4.69) is 10.6 Å². The van der Waals surface area contributed by atoms with Crippen molar-refractivity contribution in [1.29, 1.82) is 0 Å². The molecular weight excluding hydrogens is 365 g/mol. The lowest BCUT2D eigenvalue weighted by Gasteiger charge is -2.13. The summed E-state index contributed by atoms with van der Waals surface area (Å²) in [5, 5.41) is 5.05. The van der Waals surface area contributed by atoms with Gasteiger partial charge in [-0.3, -0.25) is 9.59 Å². The highest BCUT2D eigenvalue weighted by Crippen LogP contribution is 2.19. The Morgan fingerprint density at radius 2 is 1.77 bits per heavy atom. The number of benzene rings is 1. The average Bonchev–Trinajstić information content (AvgIpc) is 3.13. The molecule has 2 amide bonds. The van der Waals surface area contributed by atoms with E-state index < -0.39 is 32.6 Å². The minimum atomic E-state index is -4.01. The van der Waals surface area contributed by atoms with Crippen LogP contribution in [-0.4, -0.2) is 51.7 Å². The first-order valence-electron chi connectivity index (χ1n) is 7.55. The molecule has 0 aliphatic heterocycles. The van der Waals surface area contributed by atoms with Gasteiger partial charge in [0.25, 0.3) is 11.8 Å². The SMILES string of the molecule is CN(C)S(=O)(=O)c1cc(C(=O)NCCNC(=O)c2ccco2)ccc1F. The van der Waals surface area contributed by atoms with E-state index >= 15 is 0 Å². The number of carbonyl (C=O) groups is 2. The van der Waals surface area contributed by atoms with E-state index in [1.165, 1.54) is 32.5 Å². The zero-order valence-corrected chi connectivity index (χ0v) is 15.0. The Hall–Kier alpha value is -2.72. The minimum absolute atomic E-state index is 0.0100. The van der Waals surface area contributed by atoms with Gasteiger partial charge in [-0.15, -0.1) is 0 Å². The number of amides is 2. The molecule has 2 N–H and O–H groups in total. The normalized spacial score (nSPS) is 11.4. The molecular formula is C16H18FN3O5S. The van der Waals surface area contributed by atoms with Crippen molar-refractivity contribution in [3.8, 4) is 0 Å². The number of hydrogen-bond acceptors (Lipinski definition) is 5. The fraction of sp³-hybridized carbons (Fsp3) is 0.250. The first kappa shape index (κ1) is 19.6. The van der Waals surface area contributed by atoms with E-state index in [-0.39, 0.29) is 24.4 Å². The second kappa shape index (κ2) is 8.11. The van der Waals surface area contributed by atoms with Gasteiger partial charge in [0.2, 0.25) is 10.0 Å². The first-order valence-corrected chi connectivity index (χ1v) is 8.99. The molecule has 0 fully saturated rings. The molecule has 0 saturated heterocycles. The van der Waals surface area contributed by atoms with Crippen molar-refractivity contribution in [3.05, 3.63) is 53.7 Å². The van der Waals surface area contributed by atoms with Crippen molar-refractivity contribution in [2.45, 2.75) is 4.90 Å². The van der Waals surface area contributed by atoms with Gasteiger partial charge in [0.05, 0.1) is 6.26 Å². The maximum atomic E-state index is 13.8. The number of nitrogens with zero attached hydrogens (tertiary/aromatic N) is 1. The molecule has 10 heteroatoms. The maximum absolute atomic E-state index is 13.8. The molecule has 0 bridgehead atoms. The number of halogens is 1. The summed E-state index contributed by atoms with van der Waals surface area (Å²) in [5.41, 5.74) is -0.0100. The van der Waals surface area contributed by atoms with Crippen LogP contribution in [0.25, 0.3) is 0 Å². The summed E-state index contributed by atoms with van der Waals surface area (Å²) in [6, 6.07) is 6.15. The van der Waals surface area contributed by atoms with Gasteiger partial charge in [-0.1, -0.05) is 0 Å². The van der Waals surface area contributed by atoms with Gasteiger partial charge in [-0.05, 0) is 30.3 Å². The highest BCUT2D eigenvalue weighted by Gasteiger charge is 2.23. The lowest BCUT2D eigenvalue weighted by Crippen LogP contribution is -2.34. The third kappa shape index (κ3) is 4.46. The van der Waals surface area contributed by atoms with Crippen molar-refractivity contribution < 1.29 is 26.8 Å². The molecule has 8 nitrogen and oxygen atoms in total. The van der Waals surface area contributed by atoms with Crippen molar-refractivity contribution in [2.24, 2.45) is 0 Å². The van der Waals surface area contributed by atoms with E-state index in [4.69, 9.17) is 4.42 Å². The van der Waals surface area contributed by atoms with Gasteiger partial charge in [-0.25, -0.2) is 17.1 Å². The van der Waals surface area contributed by atoms with Gasteiger partial charge in [0, 0.05) is 32.7 Å². The molecule has 0 atom stereocenters. The summed E-state index contributed by atoms with van der Waals surface area (Å²) in [6.45, 7) is 0.230. The standard InChI is InChI=1S/C16H18FN3O5S/c1-20(2)26(23,24)14-10-11(5-6-12(14)17)15(21)18-7-8-19-16(22)13-4-3-9-25-13/h3-6,9-10H,7-8H2,1-2H3,(H,18,21)(H,19,22). The summed E-state index contributed by atoms with van der Waals surface area (Å²) in [6.07, 6.45) is 1.37. The number of rotatable bonds is 7. The smallest absolute Gasteiger partial charge is 0.287 e. The molecule has 0 aliphatic carbocycles. The molecule has 1 aromatic heterocycles. The first-order chi connectivity index (χ1) is 12.2. The quantitative estimate of drug-likeness (QED) is 0.689. The molecule has 1 heterocycles. The Bertz CT molecular complexity index is 895. The second-order valence-electron chi connectivity index (χ2n) is 5.42. The van der Waals surface area contributed by atoms with Crippen molar-refractivity contribution in [3.63, 3.8) is 0 Å². The molecule has 0 radical (unpaired) electrons. The Labute approximate surface area is 150 Å². The Morgan fingerprint density at radius 3 is 2.35 bits per heavy atom. The highest BCUT2D eigenvalue weighted by atomic mass is 32.2. The van der Waals surface area contributed by atoms with Crippen LogP contribution in [0.1, 0.15) is 20.9 Å². The highest BCUT2D eigenvalue weighted by molar-refractivity contribution is 7.89. The summed E-state index contributed by atoms with van der Waals surface area (Å²) in [5.74, 6) is -1.81. The number of furan rings is 1. The van der Waals surface area contributed by atoms with Crippen LogP contribution in [0.4, 0.5) is 4.39 Å². The average molecular weight is 383 g/mol. The fourth-order valence-corrected chi connectivity index (χ4v) is 2.97. The monoisotopic (exact) mass is 383 g/mol. The number of sulfonamides is 1. The van der Waals surface area contributed by atoms with Gasteiger partial charge in [0.15, 0.2) is 5.76 Å². The van der Waals surface area contributed by atoms with Crippen molar-refractivity contribution in [1.82, 2.24) is 14.9 Å². The van der Waals surface area contributed by atoms with E-state index in [0.717, 1.165) is 16.4 Å². The summed E-state index contributed by atoms with van der Waals surface area (Å²) < 4.78 is 43.8. The van der Waals surface area contributed by atoms with Crippen LogP contribution in [-0.2, 0) is 10.0 Å². The zero-order valence-electron chi connectivity index (χ0n) is 14.2. The number of carbonyl (C=O) groups excluding carboxylic acids is 2. The largest absolute Gasteiger partial charge is 0.459 e. The topological polar surface area (TPSA) is 109 Å². The Balaban J connectivity index is 1.96. The molecule has 2 aromatic rings. The fourth-order valence-electron chi connectivity index (χ4n) is 1.99. The maximum Gasteiger partial charge on any atom is 0.287 e. The van der Waals surface area contributed by atoms with Crippen LogP contribution in [0, 0.1) is 5.82 Å². The van der Waals surface area contributed by atoms with Gasteiger partial charge < -0.3 is 15.1 Å². The molecule has 0 spiro atoms. The molecule has 0 saturated carbocycles. The van der Waals surface area contributed by atoms with Crippen LogP contribution >= 0.6 is 0 Å². The van der Waals surface area contributed by atoms with E-state index in [1.807, 2.05) is 0 Å². The molecule has 0 aliphatic rings. The van der Waals surface area contributed by atoms with E-state index in [1.54, 1.807) is 6.07 Å². The zero-order chi connectivity index (χ0) is 19.3. The molecule has 140 valence electrons. The van der Waals surface area contributed by atoms with Crippen molar-refractivity contribution >= 4 is 21.8 Å². The van der Waals surface area contributed by atoms with Gasteiger partial charge in [-0.2, -0.15) is 0 Å². The van der Waals surface area contributed by atoms with Gasteiger partial charge >= 0.3 is 0 Å². The number of nitrogens with one attached hydrogen (secondary N) is 2. The molecule has 26 heavy (non-hydrogen) atoms. The van der Waals surface area contributed by atoms with Crippen LogP contribution in [0.5, 0.6) is 0 Å². The van der Waals surface area contributed by atoms with Crippen LogP contribution in [0.3, 0.4) is 0 Å².